The third-order valence-corrected chi connectivity index (χ3v) is 2.31. The van der Waals surface area contributed by atoms with Crippen LogP contribution in [0.1, 0.15) is 20.8 Å². The normalized spacial score (nSPS) is 13.3. The van der Waals surface area contributed by atoms with Gasteiger partial charge in [-0.2, -0.15) is 0 Å². The van der Waals surface area contributed by atoms with Crippen molar-refractivity contribution < 1.29 is 4.42 Å². The number of nitrogens with zero attached hydrogens (tertiary/aromatic N) is 3. The van der Waals surface area contributed by atoms with Crippen molar-refractivity contribution >= 4 is 12.0 Å². The van der Waals surface area contributed by atoms with E-state index in [1.807, 2.05) is 11.9 Å². The largest absolute Gasteiger partial charge is 0.390 e. The molecule has 0 saturated heterocycles. The summed E-state index contributed by atoms with van der Waals surface area (Å²) < 4.78 is 5.10. The molecule has 0 radical (unpaired) electrons. The van der Waals surface area contributed by atoms with E-state index in [2.05, 4.69) is 31.0 Å². The summed E-state index contributed by atoms with van der Waals surface area (Å²) in [6, 6.07) is 0.927. The van der Waals surface area contributed by atoms with Gasteiger partial charge in [0.2, 0.25) is 0 Å². The molecule has 13 heavy (non-hydrogen) atoms. The standard InChI is InChI=1S/C8H16N4O/c1-5(2)6(3)12(4)8-11-10-7(9)13-8/h5-6H,1-4H3,(H2,9,10). The lowest BCUT2D eigenvalue weighted by atomic mass is 10.1. The lowest BCUT2D eigenvalue weighted by molar-refractivity contribution is 0.462. The molecule has 0 spiro atoms. The number of aromatic nitrogens is 2. The summed E-state index contributed by atoms with van der Waals surface area (Å²) in [5.41, 5.74) is 5.33. The Kier molecular flexibility index (Phi) is 2.75. The molecule has 0 aliphatic heterocycles. The fourth-order valence-electron chi connectivity index (χ4n) is 0.990. The molecule has 0 fully saturated rings. The number of hydrogen-bond donors (Lipinski definition) is 1. The van der Waals surface area contributed by atoms with Gasteiger partial charge in [0.05, 0.1) is 0 Å². The molecule has 0 aliphatic rings. The van der Waals surface area contributed by atoms with Crippen LogP contribution in [0.3, 0.4) is 0 Å². The second-order valence-corrected chi connectivity index (χ2v) is 3.52. The van der Waals surface area contributed by atoms with Gasteiger partial charge in [0, 0.05) is 13.1 Å². The van der Waals surface area contributed by atoms with Gasteiger partial charge in [-0.05, 0) is 12.8 Å². The van der Waals surface area contributed by atoms with Crippen molar-refractivity contribution in [3.63, 3.8) is 0 Å². The molecule has 0 aromatic carbocycles. The van der Waals surface area contributed by atoms with E-state index in [0.29, 0.717) is 18.0 Å². The Labute approximate surface area is 77.9 Å². The average Bonchev–Trinajstić information content (AvgIpc) is 2.49. The summed E-state index contributed by atoms with van der Waals surface area (Å²) in [7, 11) is 1.91. The molecule has 1 unspecified atom stereocenters. The zero-order valence-corrected chi connectivity index (χ0v) is 8.48. The Balaban J connectivity index is 2.73. The van der Waals surface area contributed by atoms with Crippen LogP contribution in [0.4, 0.5) is 12.0 Å². The van der Waals surface area contributed by atoms with Crippen LogP contribution in [0.15, 0.2) is 4.42 Å². The Morgan fingerprint density at radius 3 is 2.31 bits per heavy atom. The fraction of sp³-hybridized carbons (Fsp3) is 0.750. The molecule has 74 valence electrons. The van der Waals surface area contributed by atoms with E-state index in [-0.39, 0.29) is 6.01 Å². The Bertz CT molecular complexity index is 271. The number of anilines is 2. The molecule has 1 aromatic rings. The van der Waals surface area contributed by atoms with Crippen LogP contribution in [0.5, 0.6) is 0 Å². The van der Waals surface area contributed by atoms with Crippen LogP contribution in [0.25, 0.3) is 0 Å². The van der Waals surface area contributed by atoms with Crippen LogP contribution in [0.2, 0.25) is 0 Å². The molecule has 1 rings (SSSR count). The minimum absolute atomic E-state index is 0.109. The van der Waals surface area contributed by atoms with Gasteiger partial charge in [-0.25, -0.2) is 0 Å². The summed E-state index contributed by atoms with van der Waals surface area (Å²) in [5, 5.41) is 7.40. The highest BCUT2D eigenvalue weighted by molar-refractivity contribution is 5.27. The minimum atomic E-state index is 0.109. The monoisotopic (exact) mass is 184 g/mol. The topological polar surface area (TPSA) is 68.2 Å². The van der Waals surface area contributed by atoms with Gasteiger partial charge in [-0.15, -0.1) is 0 Å². The zero-order chi connectivity index (χ0) is 10.0. The predicted octanol–water partition coefficient (Wildman–Crippen LogP) is 1.13. The average molecular weight is 184 g/mol. The maximum absolute atomic E-state index is 5.33. The van der Waals surface area contributed by atoms with Gasteiger partial charge < -0.3 is 15.1 Å². The molecule has 5 heteroatoms. The van der Waals surface area contributed by atoms with Crippen LogP contribution >= 0.6 is 0 Å². The second kappa shape index (κ2) is 3.64. The van der Waals surface area contributed by atoms with Crippen molar-refractivity contribution in [2.45, 2.75) is 26.8 Å². The van der Waals surface area contributed by atoms with Gasteiger partial charge in [0.15, 0.2) is 0 Å². The molecule has 1 heterocycles. The number of nitrogens with two attached hydrogens (primary N) is 1. The van der Waals surface area contributed by atoms with Gasteiger partial charge in [0.25, 0.3) is 0 Å². The number of rotatable bonds is 3. The maximum Gasteiger partial charge on any atom is 0.319 e. The van der Waals surface area contributed by atoms with Crippen LogP contribution in [0, 0.1) is 5.92 Å². The molecule has 2 N–H and O–H groups in total. The molecule has 0 aliphatic carbocycles. The molecule has 1 aromatic heterocycles. The molecule has 0 saturated carbocycles. The van der Waals surface area contributed by atoms with Crippen LogP contribution < -0.4 is 10.6 Å². The smallest absolute Gasteiger partial charge is 0.319 e. The molecular weight excluding hydrogens is 168 g/mol. The van der Waals surface area contributed by atoms with Crippen molar-refractivity contribution in [1.29, 1.82) is 0 Å². The van der Waals surface area contributed by atoms with Gasteiger partial charge in [-0.1, -0.05) is 24.0 Å². The third kappa shape index (κ3) is 2.11. The second-order valence-electron chi connectivity index (χ2n) is 3.52. The van der Waals surface area contributed by atoms with Gasteiger partial charge >= 0.3 is 12.0 Å². The number of nitrogen functional groups attached to an aromatic ring is 1. The summed E-state index contributed by atoms with van der Waals surface area (Å²) in [5.74, 6) is 0.526. The van der Waals surface area contributed by atoms with E-state index in [9.17, 15) is 0 Å². The number of hydrogen-bond acceptors (Lipinski definition) is 5. The van der Waals surface area contributed by atoms with E-state index in [1.54, 1.807) is 0 Å². The van der Waals surface area contributed by atoms with E-state index < -0.39 is 0 Å². The summed E-state index contributed by atoms with van der Waals surface area (Å²) in [6.45, 7) is 6.38. The van der Waals surface area contributed by atoms with Crippen molar-refractivity contribution in [3.8, 4) is 0 Å². The lowest BCUT2D eigenvalue weighted by Gasteiger charge is -2.25. The van der Waals surface area contributed by atoms with Crippen molar-refractivity contribution in [1.82, 2.24) is 10.2 Å². The zero-order valence-electron chi connectivity index (χ0n) is 8.48. The van der Waals surface area contributed by atoms with E-state index in [1.165, 1.54) is 0 Å². The molecule has 0 bridgehead atoms. The van der Waals surface area contributed by atoms with Crippen molar-refractivity contribution in [2.75, 3.05) is 17.7 Å². The maximum atomic E-state index is 5.33. The first-order valence-corrected chi connectivity index (χ1v) is 4.34. The van der Waals surface area contributed by atoms with Gasteiger partial charge in [-0.3, -0.25) is 0 Å². The summed E-state index contributed by atoms with van der Waals surface area (Å²) in [6.07, 6.45) is 0. The highest BCUT2D eigenvalue weighted by atomic mass is 16.4. The van der Waals surface area contributed by atoms with E-state index >= 15 is 0 Å². The fourth-order valence-corrected chi connectivity index (χ4v) is 0.990. The van der Waals surface area contributed by atoms with E-state index in [4.69, 9.17) is 10.2 Å². The first kappa shape index (κ1) is 9.83. The highest BCUT2D eigenvalue weighted by Crippen LogP contribution is 2.17. The molecule has 1 atom stereocenters. The third-order valence-electron chi connectivity index (χ3n) is 2.31. The first-order valence-electron chi connectivity index (χ1n) is 4.34. The van der Waals surface area contributed by atoms with Crippen molar-refractivity contribution in [2.24, 2.45) is 5.92 Å². The molecular formula is C8H16N4O. The van der Waals surface area contributed by atoms with E-state index in [0.717, 1.165) is 0 Å². The summed E-state index contributed by atoms with van der Waals surface area (Å²) in [4.78, 5) is 1.92. The van der Waals surface area contributed by atoms with Gasteiger partial charge in [0.1, 0.15) is 0 Å². The first-order chi connectivity index (χ1) is 6.02. The Morgan fingerprint density at radius 1 is 1.31 bits per heavy atom. The SMILES string of the molecule is CC(C)C(C)N(C)c1nnc(N)o1. The Morgan fingerprint density at radius 2 is 1.92 bits per heavy atom. The Hall–Kier alpha value is -1.26. The minimum Gasteiger partial charge on any atom is -0.390 e. The summed E-state index contributed by atoms with van der Waals surface area (Å²) >= 11 is 0. The highest BCUT2D eigenvalue weighted by Gasteiger charge is 2.17. The van der Waals surface area contributed by atoms with Crippen LogP contribution in [-0.2, 0) is 0 Å². The quantitative estimate of drug-likeness (QED) is 0.762. The van der Waals surface area contributed by atoms with Crippen LogP contribution in [-0.4, -0.2) is 23.3 Å². The molecule has 5 nitrogen and oxygen atoms in total. The van der Waals surface area contributed by atoms with Crippen molar-refractivity contribution in [3.05, 3.63) is 0 Å². The lowest BCUT2D eigenvalue weighted by Crippen LogP contribution is -2.33. The molecule has 0 amide bonds. The predicted molar refractivity (Wildman–Crippen MR) is 51.4 cm³/mol.